The highest BCUT2D eigenvalue weighted by molar-refractivity contribution is 6.34. The number of carboxylic acids is 1. The second-order valence-corrected chi connectivity index (χ2v) is 7.58. The molecule has 7 heteroatoms. The van der Waals surface area contributed by atoms with Crippen LogP contribution in [0.4, 0.5) is 0 Å². The Hall–Kier alpha value is -2.37. The molecule has 1 N–H and O–H groups in total. The Balaban J connectivity index is 1.58. The Bertz CT molecular complexity index is 965. The summed E-state index contributed by atoms with van der Waals surface area (Å²) in [6, 6.07) is 8.80. The lowest BCUT2D eigenvalue weighted by Crippen LogP contribution is -2.07. The Morgan fingerprint density at radius 1 is 1.07 bits per heavy atom. The first kappa shape index (κ1) is 20.4. The van der Waals surface area contributed by atoms with Gasteiger partial charge in [-0.05, 0) is 62.1 Å². The van der Waals surface area contributed by atoms with Crippen molar-refractivity contribution in [2.45, 2.75) is 39.2 Å². The molecule has 0 radical (unpaired) electrons. The van der Waals surface area contributed by atoms with Gasteiger partial charge < -0.3 is 9.67 Å². The molecule has 0 amide bonds. The smallest absolute Gasteiger partial charge is 0.335 e. The number of carboxylic acid groups (broad SMARTS) is 1. The maximum Gasteiger partial charge on any atom is 0.335 e. The molecule has 0 aliphatic carbocycles. The van der Waals surface area contributed by atoms with E-state index in [1.807, 2.05) is 25.3 Å². The third kappa shape index (κ3) is 5.57. The highest BCUT2D eigenvalue weighted by Crippen LogP contribution is 2.20. The summed E-state index contributed by atoms with van der Waals surface area (Å²) in [5, 5.41) is 10.5. The Kier molecular flexibility index (Phi) is 6.70. The van der Waals surface area contributed by atoms with E-state index >= 15 is 0 Å². The summed E-state index contributed by atoms with van der Waals surface area (Å²) in [7, 11) is 0. The molecule has 0 aliphatic rings. The second-order valence-electron chi connectivity index (χ2n) is 6.71. The van der Waals surface area contributed by atoms with Gasteiger partial charge in [0.2, 0.25) is 0 Å². The highest BCUT2D eigenvalue weighted by atomic mass is 35.5. The molecule has 1 aromatic carbocycles. The predicted octanol–water partition coefficient (Wildman–Crippen LogP) is 5.01. The number of carbonyl (C=O) groups is 1. The zero-order valence-electron chi connectivity index (χ0n) is 15.5. The zero-order valence-corrected chi connectivity index (χ0v) is 17.0. The summed E-state index contributed by atoms with van der Waals surface area (Å²) in [4.78, 5) is 20.1. The number of aryl methyl sites for hydroxylation is 5. The SMILES string of the molecule is Cc1cc(C(=O)O)cc(CCCc2nccn2CCc2cc(Cl)cc(Cl)c2)n1. The van der Waals surface area contributed by atoms with E-state index in [2.05, 4.69) is 14.5 Å². The molecule has 5 nitrogen and oxygen atoms in total. The van der Waals surface area contributed by atoms with Crippen LogP contribution in [0.3, 0.4) is 0 Å². The van der Waals surface area contributed by atoms with Gasteiger partial charge in [-0.3, -0.25) is 4.98 Å². The molecule has 3 rings (SSSR count). The summed E-state index contributed by atoms with van der Waals surface area (Å²) >= 11 is 12.1. The van der Waals surface area contributed by atoms with Gasteiger partial charge in [0, 0.05) is 46.8 Å². The van der Waals surface area contributed by atoms with E-state index in [1.54, 1.807) is 24.4 Å². The lowest BCUT2D eigenvalue weighted by Gasteiger charge is -2.09. The van der Waals surface area contributed by atoms with Crippen LogP contribution in [-0.2, 0) is 25.8 Å². The van der Waals surface area contributed by atoms with Crippen molar-refractivity contribution in [2.75, 3.05) is 0 Å². The van der Waals surface area contributed by atoms with Crippen molar-refractivity contribution in [1.29, 1.82) is 0 Å². The number of hydrogen-bond donors (Lipinski definition) is 1. The molecule has 28 heavy (non-hydrogen) atoms. The van der Waals surface area contributed by atoms with Crippen molar-refractivity contribution in [3.8, 4) is 0 Å². The number of nitrogens with zero attached hydrogens (tertiary/aromatic N) is 3. The standard InChI is InChI=1S/C21H21Cl2N3O2/c1-14-9-16(21(27)28)12-19(25-14)3-2-4-20-24-6-8-26(20)7-5-15-10-17(22)13-18(23)11-15/h6,8-13H,2-5,7H2,1H3,(H,27,28). The summed E-state index contributed by atoms with van der Waals surface area (Å²) in [6.07, 6.45) is 6.92. The molecule has 146 valence electrons. The van der Waals surface area contributed by atoms with Gasteiger partial charge in [0.1, 0.15) is 5.82 Å². The maximum absolute atomic E-state index is 11.2. The van der Waals surface area contributed by atoms with Crippen LogP contribution in [0.15, 0.2) is 42.7 Å². The van der Waals surface area contributed by atoms with Crippen LogP contribution in [0.5, 0.6) is 0 Å². The molecule has 0 saturated carbocycles. The van der Waals surface area contributed by atoms with E-state index in [-0.39, 0.29) is 5.56 Å². The average Bonchev–Trinajstić information content (AvgIpc) is 3.06. The van der Waals surface area contributed by atoms with E-state index in [4.69, 9.17) is 23.2 Å². The first-order valence-electron chi connectivity index (χ1n) is 9.06. The van der Waals surface area contributed by atoms with Gasteiger partial charge in [-0.25, -0.2) is 9.78 Å². The van der Waals surface area contributed by atoms with Crippen molar-refractivity contribution in [3.63, 3.8) is 0 Å². The van der Waals surface area contributed by atoms with Crippen LogP contribution in [-0.4, -0.2) is 25.6 Å². The summed E-state index contributed by atoms with van der Waals surface area (Å²) < 4.78 is 2.13. The number of hydrogen-bond acceptors (Lipinski definition) is 3. The topological polar surface area (TPSA) is 68.0 Å². The fourth-order valence-electron chi connectivity index (χ4n) is 3.19. The molecule has 0 aliphatic heterocycles. The van der Waals surface area contributed by atoms with Crippen LogP contribution in [0.2, 0.25) is 10.0 Å². The molecule has 0 fully saturated rings. The summed E-state index contributed by atoms with van der Waals surface area (Å²) in [6.45, 7) is 2.60. The molecule has 2 heterocycles. The summed E-state index contributed by atoms with van der Waals surface area (Å²) in [5.74, 6) is 0.0719. The van der Waals surface area contributed by atoms with Crippen molar-refractivity contribution in [2.24, 2.45) is 0 Å². The van der Waals surface area contributed by atoms with Gasteiger partial charge in [0.15, 0.2) is 0 Å². The van der Waals surface area contributed by atoms with Crippen molar-refractivity contribution in [1.82, 2.24) is 14.5 Å². The molecule has 2 aromatic heterocycles. The van der Waals surface area contributed by atoms with Gasteiger partial charge in [-0.15, -0.1) is 0 Å². The molecular weight excluding hydrogens is 397 g/mol. The largest absolute Gasteiger partial charge is 0.478 e. The first-order valence-corrected chi connectivity index (χ1v) is 9.82. The number of rotatable bonds is 8. The van der Waals surface area contributed by atoms with E-state index in [1.165, 1.54) is 0 Å². The first-order chi connectivity index (χ1) is 13.4. The third-order valence-electron chi connectivity index (χ3n) is 4.45. The highest BCUT2D eigenvalue weighted by Gasteiger charge is 2.08. The van der Waals surface area contributed by atoms with Crippen LogP contribution in [0.25, 0.3) is 0 Å². The van der Waals surface area contributed by atoms with E-state index in [0.29, 0.717) is 16.5 Å². The van der Waals surface area contributed by atoms with E-state index < -0.39 is 5.97 Å². The van der Waals surface area contributed by atoms with Gasteiger partial charge >= 0.3 is 5.97 Å². The Labute approximate surface area is 174 Å². The Morgan fingerprint density at radius 3 is 2.54 bits per heavy atom. The minimum atomic E-state index is -0.927. The molecule has 3 aromatic rings. The van der Waals surface area contributed by atoms with E-state index in [9.17, 15) is 9.90 Å². The quantitative estimate of drug-likeness (QED) is 0.559. The number of benzene rings is 1. The number of aromatic carboxylic acids is 1. The number of pyridine rings is 1. The molecule has 0 unspecified atom stereocenters. The van der Waals surface area contributed by atoms with Crippen LogP contribution in [0.1, 0.15) is 39.6 Å². The minimum absolute atomic E-state index is 0.282. The normalized spacial score (nSPS) is 11.0. The zero-order chi connectivity index (χ0) is 20.1. The van der Waals surface area contributed by atoms with Crippen LogP contribution < -0.4 is 0 Å². The van der Waals surface area contributed by atoms with Crippen LogP contribution in [0, 0.1) is 6.92 Å². The molecule has 0 bridgehead atoms. The second kappa shape index (κ2) is 9.22. The van der Waals surface area contributed by atoms with Crippen molar-refractivity contribution >= 4 is 29.2 Å². The Morgan fingerprint density at radius 2 is 1.82 bits per heavy atom. The van der Waals surface area contributed by atoms with Crippen molar-refractivity contribution in [3.05, 3.63) is 81.1 Å². The lowest BCUT2D eigenvalue weighted by atomic mass is 10.1. The van der Waals surface area contributed by atoms with Crippen molar-refractivity contribution < 1.29 is 9.90 Å². The van der Waals surface area contributed by atoms with Crippen LogP contribution >= 0.6 is 23.2 Å². The summed E-state index contributed by atoms with van der Waals surface area (Å²) in [5.41, 5.74) is 2.88. The molecular formula is C21H21Cl2N3O2. The fourth-order valence-corrected chi connectivity index (χ4v) is 3.76. The third-order valence-corrected chi connectivity index (χ3v) is 4.89. The number of imidazole rings is 1. The molecule has 0 atom stereocenters. The van der Waals surface area contributed by atoms with Gasteiger partial charge in [0.05, 0.1) is 5.56 Å². The minimum Gasteiger partial charge on any atom is -0.478 e. The maximum atomic E-state index is 11.2. The van der Waals surface area contributed by atoms with E-state index in [0.717, 1.165) is 48.6 Å². The lowest BCUT2D eigenvalue weighted by molar-refractivity contribution is 0.0696. The number of halogens is 2. The average molecular weight is 418 g/mol. The van der Waals surface area contributed by atoms with Gasteiger partial charge in [-0.2, -0.15) is 0 Å². The van der Waals surface area contributed by atoms with Gasteiger partial charge in [-0.1, -0.05) is 23.2 Å². The monoisotopic (exact) mass is 417 g/mol. The molecule has 0 saturated heterocycles. The number of aromatic nitrogens is 3. The predicted molar refractivity (Wildman–Crippen MR) is 110 cm³/mol. The molecule has 0 spiro atoms. The fraction of sp³-hybridized carbons (Fsp3) is 0.286. The van der Waals surface area contributed by atoms with Gasteiger partial charge in [0.25, 0.3) is 0 Å².